The molecule has 1 N–H and O–H groups in total. The van der Waals surface area contributed by atoms with Crippen LogP contribution >= 0.6 is 35.3 Å². The van der Waals surface area contributed by atoms with E-state index in [1.54, 1.807) is 30.5 Å². The maximum Gasteiger partial charge on any atom is 0.193 e. The monoisotopic (exact) mass is 476 g/mol. The molecule has 0 amide bonds. The fraction of sp³-hybridized carbons (Fsp3) is 0.444. The number of hydrogen-bond donors (Lipinski definition) is 1. The van der Waals surface area contributed by atoms with Crippen molar-refractivity contribution in [3.63, 3.8) is 0 Å². The van der Waals surface area contributed by atoms with Crippen LogP contribution in [0.15, 0.2) is 29.3 Å². The van der Waals surface area contributed by atoms with Crippen molar-refractivity contribution in [3.05, 3.63) is 51.2 Å². The molecule has 25 heavy (non-hydrogen) atoms. The standard InChI is InChI=1S/C18H25FN4S.HI/c1-5-16-13(2)24-17(22-16)9-10-21-18(20-3)23(4)12-14-7-6-8-15(19)11-14;/h6-8,11H,5,9-10,12H2,1-4H3,(H,20,21);1H. The van der Waals surface area contributed by atoms with E-state index in [9.17, 15) is 4.39 Å². The number of benzene rings is 1. The SMILES string of the molecule is CCc1nc(CCNC(=NC)N(C)Cc2cccc(F)c2)sc1C.I. The number of aryl methyl sites for hydroxylation is 2. The number of aliphatic imine (C=N–C) groups is 1. The molecule has 0 saturated heterocycles. The van der Waals surface area contributed by atoms with E-state index in [2.05, 4.69) is 29.1 Å². The number of halogens is 2. The van der Waals surface area contributed by atoms with Gasteiger partial charge in [0.25, 0.3) is 0 Å². The summed E-state index contributed by atoms with van der Waals surface area (Å²) < 4.78 is 13.3. The Bertz CT molecular complexity index is 702. The summed E-state index contributed by atoms with van der Waals surface area (Å²) in [6, 6.07) is 6.65. The highest BCUT2D eigenvalue weighted by Crippen LogP contribution is 2.18. The summed E-state index contributed by atoms with van der Waals surface area (Å²) in [5, 5.41) is 4.50. The van der Waals surface area contributed by atoms with E-state index in [4.69, 9.17) is 0 Å². The first kappa shape index (κ1) is 21.8. The maximum absolute atomic E-state index is 13.3. The number of thiazole rings is 1. The van der Waals surface area contributed by atoms with Crippen molar-refractivity contribution in [2.45, 2.75) is 33.2 Å². The van der Waals surface area contributed by atoms with Gasteiger partial charge >= 0.3 is 0 Å². The van der Waals surface area contributed by atoms with Crippen molar-refractivity contribution in [1.29, 1.82) is 0 Å². The number of nitrogens with zero attached hydrogens (tertiary/aromatic N) is 3. The zero-order valence-electron chi connectivity index (χ0n) is 15.2. The minimum absolute atomic E-state index is 0. The molecule has 0 radical (unpaired) electrons. The number of aromatic nitrogens is 1. The molecule has 0 saturated carbocycles. The topological polar surface area (TPSA) is 40.5 Å². The van der Waals surface area contributed by atoms with E-state index in [1.807, 2.05) is 18.0 Å². The third-order valence-corrected chi connectivity index (χ3v) is 4.85. The normalized spacial score (nSPS) is 11.2. The molecule has 0 aliphatic rings. The zero-order chi connectivity index (χ0) is 17.5. The molecule has 0 unspecified atom stereocenters. The minimum atomic E-state index is -0.213. The van der Waals surface area contributed by atoms with Gasteiger partial charge in [-0.15, -0.1) is 35.3 Å². The van der Waals surface area contributed by atoms with Gasteiger partial charge in [0.1, 0.15) is 5.82 Å². The van der Waals surface area contributed by atoms with Crippen LogP contribution in [0, 0.1) is 12.7 Å². The third-order valence-electron chi connectivity index (χ3n) is 3.78. The van der Waals surface area contributed by atoms with Crippen molar-refractivity contribution in [2.24, 2.45) is 4.99 Å². The smallest absolute Gasteiger partial charge is 0.193 e. The summed E-state index contributed by atoms with van der Waals surface area (Å²) in [6.45, 7) is 5.64. The summed E-state index contributed by atoms with van der Waals surface area (Å²) in [4.78, 5) is 12.2. The predicted octanol–water partition coefficient (Wildman–Crippen LogP) is 4.02. The molecule has 7 heteroatoms. The second kappa shape index (κ2) is 10.7. The Kier molecular flexibility index (Phi) is 9.34. The Morgan fingerprint density at radius 1 is 1.40 bits per heavy atom. The zero-order valence-corrected chi connectivity index (χ0v) is 18.3. The molecule has 0 atom stereocenters. The second-order valence-electron chi connectivity index (χ2n) is 5.67. The van der Waals surface area contributed by atoms with E-state index in [0.717, 1.165) is 35.9 Å². The lowest BCUT2D eigenvalue weighted by molar-refractivity contribution is 0.475. The summed E-state index contributed by atoms with van der Waals surface area (Å²) in [7, 11) is 3.70. The summed E-state index contributed by atoms with van der Waals surface area (Å²) in [5.41, 5.74) is 2.12. The number of guanidine groups is 1. The van der Waals surface area contributed by atoms with Gasteiger partial charge in [-0.05, 0) is 31.0 Å². The Balaban J connectivity index is 0.00000312. The summed E-state index contributed by atoms with van der Waals surface area (Å²) >= 11 is 1.76. The molecular weight excluding hydrogens is 450 g/mol. The van der Waals surface area contributed by atoms with Crippen LogP contribution in [-0.4, -0.2) is 36.5 Å². The van der Waals surface area contributed by atoms with Crippen molar-refractivity contribution in [3.8, 4) is 0 Å². The van der Waals surface area contributed by atoms with Gasteiger partial charge < -0.3 is 10.2 Å². The van der Waals surface area contributed by atoms with Gasteiger partial charge in [-0.2, -0.15) is 0 Å². The van der Waals surface area contributed by atoms with E-state index >= 15 is 0 Å². The largest absolute Gasteiger partial charge is 0.356 e. The van der Waals surface area contributed by atoms with Gasteiger partial charge in [0.2, 0.25) is 0 Å². The highest BCUT2D eigenvalue weighted by molar-refractivity contribution is 14.0. The lowest BCUT2D eigenvalue weighted by Gasteiger charge is -2.22. The Morgan fingerprint density at radius 2 is 2.16 bits per heavy atom. The highest BCUT2D eigenvalue weighted by Gasteiger charge is 2.09. The summed E-state index contributed by atoms with van der Waals surface area (Å²) in [6.07, 6.45) is 1.85. The van der Waals surface area contributed by atoms with E-state index in [1.165, 1.54) is 16.6 Å². The first-order valence-electron chi connectivity index (χ1n) is 8.15. The number of hydrogen-bond acceptors (Lipinski definition) is 3. The van der Waals surface area contributed by atoms with Crippen LogP contribution in [0.2, 0.25) is 0 Å². The Morgan fingerprint density at radius 3 is 2.76 bits per heavy atom. The molecular formula is C18H26FIN4S. The molecule has 4 nitrogen and oxygen atoms in total. The molecule has 2 rings (SSSR count). The average Bonchev–Trinajstić information content (AvgIpc) is 2.91. The molecule has 1 heterocycles. The van der Waals surface area contributed by atoms with Gasteiger partial charge in [-0.1, -0.05) is 19.1 Å². The molecule has 0 aliphatic carbocycles. The quantitative estimate of drug-likeness (QED) is 0.389. The molecule has 0 spiro atoms. The van der Waals surface area contributed by atoms with Crippen LogP contribution in [0.1, 0.15) is 28.1 Å². The van der Waals surface area contributed by atoms with Gasteiger partial charge in [0.05, 0.1) is 10.7 Å². The lowest BCUT2D eigenvalue weighted by Crippen LogP contribution is -2.39. The van der Waals surface area contributed by atoms with Crippen LogP contribution in [0.3, 0.4) is 0 Å². The van der Waals surface area contributed by atoms with Crippen LogP contribution in [0.4, 0.5) is 4.39 Å². The van der Waals surface area contributed by atoms with Gasteiger partial charge in [-0.25, -0.2) is 9.37 Å². The van der Waals surface area contributed by atoms with E-state index in [0.29, 0.717) is 6.54 Å². The predicted molar refractivity (Wildman–Crippen MR) is 115 cm³/mol. The molecule has 0 aliphatic heterocycles. The van der Waals surface area contributed by atoms with E-state index in [-0.39, 0.29) is 29.8 Å². The second-order valence-corrected chi connectivity index (χ2v) is 6.96. The fourth-order valence-corrected chi connectivity index (χ4v) is 3.59. The number of nitrogens with one attached hydrogen (secondary N) is 1. The van der Waals surface area contributed by atoms with Crippen LogP contribution in [0.25, 0.3) is 0 Å². The molecule has 0 bridgehead atoms. The Labute approximate surface area is 170 Å². The van der Waals surface area contributed by atoms with Gasteiger partial charge in [0, 0.05) is 38.5 Å². The molecule has 2 aromatic rings. The van der Waals surface area contributed by atoms with Crippen molar-refractivity contribution in [2.75, 3.05) is 20.6 Å². The highest BCUT2D eigenvalue weighted by atomic mass is 127. The molecule has 1 aromatic carbocycles. The first-order valence-corrected chi connectivity index (χ1v) is 8.96. The van der Waals surface area contributed by atoms with Crippen molar-refractivity contribution >= 4 is 41.3 Å². The molecule has 1 aromatic heterocycles. The lowest BCUT2D eigenvalue weighted by atomic mass is 10.2. The first-order chi connectivity index (χ1) is 11.5. The van der Waals surface area contributed by atoms with Crippen LogP contribution in [0.5, 0.6) is 0 Å². The minimum Gasteiger partial charge on any atom is -0.356 e. The van der Waals surface area contributed by atoms with E-state index < -0.39 is 0 Å². The third kappa shape index (κ3) is 6.54. The van der Waals surface area contributed by atoms with Crippen molar-refractivity contribution in [1.82, 2.24) is 15.2 Å². The molecule has 0 fully saturated rings. The maximum atomic E-state index is 13.3. The molecule has 138 valence electrons. The van der Waals surface area contributed by atoms with Crippen LogP contribution in [-0.2, 0) is 19.4 Å². The average molecular weight is 476 g/mol. The van der Waals surface area contributed by atoms with Gasteiger partial charge in [0.15, 0.2) is 5.96 Å². The van der Waals surface area contributed by atoms with Gasteiger partial charge in [-0.3, -0.25) is 4.99 Å². The Hall–Kier alpha value is -1.22. The van der Waals surface area contributed by atoms with Crippen LogP contribution < -0.4 is 5.32 Å². The summed E-state index contributed by atoms with van der Waals surface area (Å²) in [5.74, 6) is 0.581. The number of rotatable bonds is 6. The van der Waals surface area contributed by atoms with Crippen molar-refractivity contribution < 1.29 is 4.39 Å². The fourth-order valence-electron chi connectivity index (χ4n) is 2.57.